The van der Waals surface area contributed by atoms with Crippen molar-refractivity contribution in [2.45, 2.75) is 51.9 Å². The molecule has 0 aliphatic carbocycles. The van der Waals surface area contributed by atoms with E-state index < -0.39 is 0 Å². The summed E-state index contributed by atoms with van der Waals surface area (Å²) >= 11 is 0. The highest BCUT2D eigenvalue weighted by Gasteiger charge is 2.22. The lowest BCUT2D eigenvalue weighted by atomic mass is 9.82. The number of benzene rings is 1. The summed E-state index contributed by atoms with van der Waals surface area (Å²) in [5, 5.41) is 0. The minimum Gasteiger partial charge on any atom is -0.469 e. The summed E-state index contributed by atoms with van der Waals surface area (Å²) in [6.45, 7) is 4.46. The molecule has 2 unspecified atom stereocenters. The van der Waals surface area contributed by atoms with Crippen molar-refractivity contribution < 1.29 is 9.53 Å². The van der Waals surface area contributed by atoms with Crippen molar-refractivity contribution >= 4 is 5.97 Å². The Morgan fingerprint density at radius 1 is 1.21 bits per heavy atom. The van der Waals surface area contributed by atoms with E-state index in [-0.39, 0.29) is 11.9 Å². The molecule has 0 saturated carbocycles. The molecular formula is C17H26O2. The average molecular weight is 262 g/mol. The van der Waals surface area contributed by atoms with Crippen molar-refractivity contribution in [3.8, 4) is 0 Å². The zero-order valence-corrected chi connectivity index (χ0v) is 12.4. The van der Waals surface area contributed by atoms with E-state index in [1.165, 1.54) is 38.4 Å². The highest BCUT2D eigenvalue weighted by Crippen LogP contribution is 2.31. The maximum absolute atomic E-state index is 11.6. The number of esters is 1. The number of methoxy groups -OCH3 is 1. The number of hydrogen-bond acceptors (Lipinski definition) is 2. The first-order valence-electron chi connectivity index (χ1n) is 7.30. The monoisotopic (exact) mass is 262 g/mol. The second kappa shape index (κ2) is 8.73. The molecule has 0 aliphatic heterocycles. The van der Waals surface area contributed by atoms with Crippen LogP contribution in [0.1, 0.15) is 57.4 Å². The molecule has 0 saturated heterocycles. The first-order chi connectivity index (χ1) is 9.19. The SMILES string of the molecule is CCCCCC(C)C(CC(=O)OC)c1ccccc1. The van der Waals surface area contributed by atoms with Gasteiger partial charge in [0, 0.05) is 0 Å². The lowest BCUT2D eigenvalue weighted by molar-refractivity contribution is -0.141. The summed E-state index contributed by atoms with van der Waals surface area (Å²) in [6, 6.07) is 10.3. The van der Waals surface area contributed by atoms with Crippen molar-refractivity contribution in [2.24, 2.45) is 5.92 Å². The van der Waals surface area contributed by atoms with Crippen molar-refractivity contribution in [1.29, 1.82) is 0 Å². The fourth-order valence-electron chi connectivity index (χ4n) is 2.53. The van der Waals surface area contributed by atoms with Crippen LogP contribution in [-0.2, 0) is 9.53 Å². The molecular weight excluding hydrogens is 236 g/mol. The van der Waals surface area contributed by atoms with E-state index in [9.17, 15) is 4.79 Å². The number of carbonyl (C=O) groups excluding carboxylic acids is 1. The number of unbranched alkanes of at least 4 members (excludes halogenated alkanes) is 2. The number of carbonyl (C=O) groups is 1. The molecule has 1 aromatic carbocycles. The molecule has 0 radical (unpaired) electrons. The molecule has 1 aromatic rings. The van der Waals surface area contributed by atoms with Crippen LogP contribution in [0.25, 0.3) is 0 Å². The fraction of sp³-hybridized carbons (Fsp3) is 0.588. The normalized spacial score (nSPS) is 13.8. The molecule has 0 spiro atoms. The summed E-state index contributed by atoms with van der Waals surface area (Å²) in [5.41, 5.74) is 1.25. The molecule has 19 heavy (non-hydrogen) atoms. The molecule has 106 valence electrons. The molecule has 0 aromatic heterocycles. The topological polar surface area (TPSA) is 26.3 Å². The third-order valence-electron chi connectivity index (χ3n) is 3.79. The predicted molar refractivity (Wildman–Crippen MR) is 79.1 cm³/mol. The zero-order chi connectivity index (χ0) is 14.1. The van der Waals surface area contributed by atoms with Gasteiger partial charge in [-0.15, -0.1) is 0 Å². The van der Waals surface area contributed by atoms with Crippen molar-refractivity contribution in [2.75, 3.05) is 7.11 Å². The Kier molecular flexibility index (Phi) is 7.24. The molecule has 0 N–H and O–H groups in total. The van der Waals surface area contributed by atoms with Gasteiger partial charge in [-0.3, -0.25) is 4.79 Å². The van der Waals surface area contributed by atoms with Crippen LogP contribution in [0.3, 0.4) is 0 Å². The van der Waals surface area contributed by atoms with E-state index in [0.29, 0.717) is 12.3 Å². The van der Waals surface area contributed by atoms with Gasteiger partial charge in [0.15, 0.2) is 0 Å². The maximum atomic E-state index is 11.6. The number of rotatable bonds is 8. The van der Waals surface area contributed by atoms with Crippen LogP contribution in [0.5, 0.6) is 0 Å². The molecule has 0 amide bonds. The highest BCUT2D eigenvalue weighted by molar-refractivity contribution is 5.70. The van der Waals surface area contributed by atoms with Gasteiger partial charge in [-0.2, -0.15) is 0 Å². The van der Waals surface area contributed by atoms with Crippen molar-refractivity contribution in [1.82, 2.24) is 0 Å². The molecule has 0 fully saturated rings. The Labute approximate surface area is 117 Å². The van der Waals surface area contributed by atoms with Crippen LogP contribution in [0.4, 0.5) is 0 Å². The first kappa shape index (κ1) is 15.7. The standard InChI is InChI=1S/C17H26O2/c1-4-5-7-10-14(2)16(13-17(18)19-3)15-11-8-6-9-12-15/h6,8-9,11-12,14,16H,4-5,7,10,13H2,1-3H3. The average Bonchev–Trinajstić information content (AvgIpc) is 2.45. The molecule has 2 nitrogen and oxygen atoms in total. The lowest BCUT2D eigenvalue weighted by Gasteiger charge is -2.23. The Morgan fingerprint density at radius 2 is 1.89 bits per heavy atom. The minimum atomic E-state index is -0.115. The third kappa shape index (κ3) is 5.46. The summed E-state index contributed by atoms with van der Waals surface area (Å²) in [7, 11) is 1.46. The van der Waals surface area contributed by atoms with Crippen LogP contribution in [0.15, 0.2) is 30.3 Å². The van der Waals surface area contributed by atoms with Gasteiger partial charge in [-0.25, -0.2) is 0 Å². The van der Waals surface area contributed by atoms with Gasteiger partial charge in [0.25, 0.3) is 0 Å². The Hall–Kier alpha value is -1.31. The Balaban J connectivity index is 2.71. The van der Waals surface area contributed by atoms with Crippen LogP contribution in [-0.4, -0.2) is 13.1 Å². The second-order valence-corrected chi connectivity index (χ2v) is 5.27. The van der Waals surface area contributed by atoms with E-state index >= 15 is 0 Å². The summed E-state index contributed by atoms with van der Waals surface area (Å²) in [5.74, 6) is 0.662. The maximum Gasteiger partial charge on any atom is 0.306 e. The Bertz CT molecular complexity index is 359. The lowest BCUT2D eigenvalue weighted by Crippen LogP contribution is -2.15. The predicted octanol–water partition coefficient (Wildman–Crippen LogP) is 4.55. The second-order valence-electron chi connectivity index (χ2n) is 5.27. The smallest absolute Gasteiger partial charge is 0.306 e. The molecule has 0 heterocycles. The number of ether oxygens (including phenoxy) is 1. The molecule has 2 atom stereocenters. The van der Waals surface area contributed by atoms with Gasteiger partial charge in [0.05, 0.1) is 13.5 Å². The van der Waals surface area contributed by atoms with Gasteiger partial charge >= 0.3 is 5.97 Å². The zero-order valence-electron chi connectivity index (χ0n) is 12.4. The van der Waals surface area contributed by atoms with Crippen LogP contribution >= 0.6 is 0 Å². The number of hydrogen-bond donors (Lipinski definition) is 0. The van der Waals surface area contributed by atoms with Gasteiger partial charge in [-0.1, -0.05) is 69.9 Å². The Morgan fingerprint density at radius 3 is 2.47 bits per heavy atom. The largest absolute Gasteiger partial charge is 0.469 e. The highest BCUT2D eigenvalue weighted by atomic mass is 16.5. The van der Waals surface area contributed by atoms with E-state index in [4.69, 9.17) is 4.74 Å². The minimum absolute atomic E-state index is 0.115. The van der Waals surface area contributed by atoms with E-state index in [1.54, 1.807) is 0 Å². The quantitative estimate of drug-likeness (QED) is 0.507. The fourth-order valence-corrected chi connectivity index (χ4v) is 2.53. The van der Waals surface area contributed by atoms with E-state index in [2.05, 4.69) is 26.0 Å². The van der Waals surface area contributed by atoms with Crippen molar-refractivity contribution in [3.05, 3.63) is 35.9 Å². The summed E-state index contributed by atoms with van der Waals surface area (Å²) in [4.78, 5) is 11.6. The van der Waals surface area contributed by atoms with Crippen LogP contribution in [0, 0.1) is 5.92 Å². The molecule has 0 bridgehead atoms. The van der Waals surface area contributed by atoms with Gasteiger partial charge in [0.1, 0.15) is 0 Å². The van der Waals surface area contributed by atoms with Gasteiger partial charge in [-0.05, 0) is 17.4 Å². The third-order valence-corrected chi connectivity index (χ3v) is 3.79. The first-order valence-corrected chi connectivity index (χ1v) is 7.30. The van der Waals surface area contributed by atoms with Crippen LogP contribution in [0.2, 0.25) is 0 Å². The summed E-state index contributed by atoms with van der Waals surface area (Å²) < 4.78 is 4.84. The van der Waals surface area contributed by atoms with E-state index in [0.717, 1.165) is 0 Å². The molecule has 1 rings (SSSR count). The van der Waals surface area contributed by atoms with Crippen LogP contribution < -0.4 is 0 Å². The van der Waals surface area contributed by atoms with Gasteiger partial charge in [0.2, 0.25) is 0 Å². The molecule has 2 heteroatoms. The van der Waals surface area contributed by atoms with Gasteiger partial charge < -0.3 is 4.74 Å². The van der Waals surface area contributed by atoms with Crippen molar-refractivity contribution in [3.63, 3.8) is 0 Å². The molecule has 0 aliphatic rings. The van der Waals surface area contributed by atoms with E-state index in [1.807, 2.05) is 18.2 Å². The summed E-state index contributed by atoms with van der Waals surface area (Å²) in [6.07, 6.45) is 5.39.